The van der Waals surface area contributed by atoms with E-state index in [9.17, 15) is 20.1 Å². The SMILES string of the molecule is CCCCOC(=O)C1=CC(O)C(O)C(O)C1. The van der Waals surface area contributed by atoms with E-state index in [0.29, 0.717) is 6.61 Å². The van der Waals surface area contributed by atoms with Crippen LogP contribution in [0.1, 0.15) is 26.2 Å². The Morgan fingerprint density at radius 2 is 2.19 bits per heavy atom. The fraction of sp³-hybridized carbons (Fsp3) is 0.727. The minimum absolute atomic E-state index is 0.0170. The van der Waals surface area contributed by atoms with Gasteiger partial charge in [0.2, 0.25) is 0 Å². The van der Waals surface area contributed by atoms with Crippen molar-refractivity contribution in [3.05, 3.63) is 11.6 Å². The fourth-order valence-corrected chi connectivity index (χ4v) is 1.50. The van der Waals surface area contributed by atoms with Crippen LogP contribution in [0.2, 0.25) is 0 Å². The van der Waals surface area contributed by atoms with E-state index in [1.54, 1.807) is 0 Å². The molecule has 5 nitrogen and oxygen atoms in total. The molecule has 1 rings (SSSR count). The van der Waals surface area contributed by atoms with Crippen LogP contribution in [0, 0.1) is 0 Å². The largest absolute Gasteiger partial charge is 0.462 e. The molecule has 0 amide bonds. The summed E-state index contributed by atoms with van der Waals surface area (Å²) in [4.78, 5) is 11.5. The van der Waals surface area contributed by atoms with E-state index in [4.69, 9.17) is 4.74 Å². The minimum Gasteiger partial charge on any atom is -0.462 e. The lowest BCUT2D eigenvalue weighted by Gasteiger charge is -2.26. The summed E-state index contributed by atoms with van der Waals surface area (Å²) in [6, 6.07) is 0. The van der Waals surface area contributed by atoms with Crippen molar-refractivity contribution in [3.63, 3.8) is 0 Å². The van der Waals surface area contributed by atoms with Gasteiger partial charge in [-0.15, -0.1) is 0 Å². The van der Waals surface area contributed by atoms with Crippen molar-refractivity contribution < 1.29 is 24.9 Å². The summed E-state index contributed by atoms with van der Waals surface area (Å²) in [6.07, 6.45) is -0.587. The lowest BCUT2D eigenvalue weighted by Crippen LogP contribution is -2.41. The van der Waals surface area contributed by atoms with Gasteiger partial charge in [0.05, 0.1) is 12.7 Å². The van der Waals surface area contributed by atoms with Gasteiger partial charge in [-0.25, -0.2) is 4.79 Å². The standard InChI is InChI=1S/C11H18O5/c1-2-3-4-16-11(15)7-5-8(12)10(14)9(13)6-7/h5,8-10,12-14H,2-4,6H2,1H3. The van der Waals surface area contributed by atoms with Crippen LogP contribution in [0.15, 0.2) is 11.6 Å². The first-order valence-corrected chi connectivity index (χ1v) is 5.48. The van der Waals surface area contributed by atoms with Crippen LogP contribution in [0.4, 0.5) is 0 Å². The molecule has 5 heteroatoms. The molecule has 1 aliphatic carbocycles. The van der Waals surface area contributed by atoms with Crippen molar-refractivity contribution in [3.8, 4) is 0 Å². The Labute approximate surface area is 94.4 Å². The molecule has 3 atom stereocenters. The van der Waals surface area contributed by atoms with E-state index in [2.05, 4.69) is 0 Å². The van der Waals surface area contributed by atoms with E-state index in [-0.39, 0.29) is 12.0 Å². The number of aliphatic hydroxyl groups is 3. The fourth-order valence-electron chi connectivity index (χ4n) is 1.50. The van der Waals surface area contributed by atoms with E-state index in [0.717, 1.165) is 12.8 Å². The second-order valence-electron chi connectivity index (χ2n) is 3.93. The van der Waals surface area contributed by atoms with Gasteiger partial charge in [0.15, 0.2) is 0 Å². The topological polar surface area (TPSA) is 87.0 Å². The molecule has 0 aromatic heterocycles. The van der Waals surface area contributed by atoms with Crippen molar-refractivity contribution in [2.24, 2.45) is 0 Å². The molecular formula is C11H18O5. The Morgan fingerprint density at radius 3 is 2.75 bits per heavy atom. The minimum atomic E-state index is -1.23. The molecule has 0 fully saturated rings. The highest BCUT2D eigenvalue weighted by molar-refractivity contribution is 5.88. The lowest BCUT2D eigenvalue weighted by molar-refractivity contribution is -0.140. The van der Waals surface area contributed by atoms with Gasteiger partial charge < -0.3 is 20.1 Å². The third-order valence-corrected chi connectivity index (χ3v) is 2.54. The van der Waals surface area contributed by atoms with Gasteiger partial charge >= 0.3 is 5.97 Å². The Hall–Kier alpha value is -0.910. The number of aliphatic hydroxyl groups excluding tert-OH is 3. The molecular weight excluding hydrogens is 212 g/mol. The highest BCUT2D eigenvalue weighted by atomic mass is 16.5. The van der Waals surface area contributed by atoms with Gasteiger partial charge in [-0.1, -0.05) is 13.3 Å². The number of esters is 1. The zero-order valence-corrected chi connectivity index (χ0v) is 9.30. The summed E-state index contributed by atoms with van der Waals surface area (Å²) >= 11 is 0. The molecule has 3 N–H and O–H groups in total. The smallest absolute Gasteiger partial charge is 0.333 e. The van der Waals surface area contributed by atoms with Crippen molar-refractivity contribution in [2.75, 3.05) is 6.61 Å². The second kappa shape index (κ2) is 5.98. The quantitative estimate of drug-likeness (QED) is 0.457. The molecule has 92 valence electrons. The Balaban J connectivity index is 2.53. The van der Waals surface area contributed by atoms with Gasteiger partial charge in [0.1, 0.15) is 12.2 Å². The Bertz CT molecular complexity index is 274. The molecule has 0 saturated carbocycles. The maximum absolute atomic E-state index is 11.5. The highest BCUT2D eigenvalue weighted by Crippen LogP contribution is 2.20. The molecule has 0 aromatic carbocycles. The monoisotopic (exact) mass is 230 g/mol. The first-order valence-electron chi connectivity index (χ1n) is 5.48. The van der Waals surface area contributed by atoms with Crippen LogP contribution >= 0.6 is 0 Å². The second-order valence-corrected chi connectivity index (χ2v) is 3.93. The van der Waals surface area contributed by atoms with Crippen molar-refractivity contribution in [1.82, 2.24) is 0 Å². The van der Waals surface area contributed by atoms with E-state index >= 15 is 0 Å². The summed E-state index contributed by atoms with van der Waals surface area (Å²) in [5.74, 6) is -0.529. The van der Waals surface area contributed by atoms with E-state index in [1.807, 2.05) is 6.92 Å². The normalized spacial score (nSPS) is 29.8. The number of hydrogen-bond donors (Lipinski definition) is 3. The third kappa shape index (κ3) is 3.30. The molecule has 0 aliphatic heterocycles. The molecule has 0 heterocycles. The number of rotatable bonds is 4. The molecule has 1 aliphatic rings. The van der Waals surface area contributed by atoms with Gasteiger partial charge in [0, 0.05) is 12.0 Å². The summed E-state index contributed by atoms with van der Waals surface area (Å²) < 4.78 is 4.94. The average Bonchev–Trinajstić information content (AvgIpc) is 2.25. The summed E-state index contributed by atoms with van der Waals surface area (Å²) in [5.41, 5.74) is 0.224. The van der Waals surface area contributed by atoms with Crippen molar-refractivity contribution >= 4 is 5.97 Å². The number of carbonyl (C=O) groups excluding carboxylic acids is 1. The van der Waals surface area contributed by atoms with E-state index < -0.39 is 24.3 Å². The van der Waals surface area contributed by atoms with Crippen LogP contribution in [0.25, 0.3) is 0 Å². The van der Waals surface area contributed by atoms with Crippen LogP contribution in [0.5, 0.6) is 0 Å². The van der Waals surface area contributed by atoms with Gasteiger partial charge in [0.25, 0.3) is 0 Å². The third-order valence-electron chi connectivity index (χ3n) is 2.54. The predicted octanol–water partition coefficient (Wildman–Crippen LogP) is -0.257. The van der Waals surface area contributed by atoms with Gasteiger partial charge in [-0.05, 0) is 12.5 Å². The number of hydrogen-bond acceptors (Lipinski definition) is 5. The predicted molar refractivity (Wildman–Crippen MR) is 56.6 cm³/mol. The van der Waals surface area contributed by atoms with Crippen molar-refractivity contribution in [1.29, 1.82) is 0 Å². The van der Waals surface area contributed by atoms with Crippen LogP contribution in [-0.4, -0.2) is 46.2 Å². The summed E-state index contributed by atoms with van der Waals surface area (Å²) in [5, 5.41) is 28.0. The first-order chi connectivity index (χ1) is 7.56. The average molecular weight is 230 g/mol. The molecule has 0 aromatic rings. The zero-order chi connectivity index (χ0) is 12.1. The Kier molecular flexibility index (Phi) is 4.92. The van der Waals surface area contributed by atoms with E-state index in [1.165, 1.54) is 6.08 Å². The van der Waals surface area contributed by atoms with Crippen LogP contribution in [0.3, 0.4) is 0 Å². The van der Waals surface area contributed by atoms with Gasteiger partial charge in [-0.2, -0.15) is 0 Å². The number of carbonyl (C=O) groups is 1. The lowest BCUT2D eigenvalue weighted by atomic mass is 9.92. The van der Waals surface area contributed by atoms with Gasteiger partial charge in [-0.3, -0.25) is 0 Å². The number of unbranched alkanes of at least 4 members (excludes halogenated alkanes) is 1. The maximum atomic E-state index is 11.5. The summed E-state index contributed by atoms with van der Waals surface area (Å²) in [6.45, 7) is 2.32. The maximum Gasteiger partial charge on any atom is 0.333 e. The van der Waals surface area contributed by atoms with Crippen LogP contribution < -0.4 is 0 Å². The highest BCUT2D eigenvalue weighted by Gasteiger charge is 2.31. The molecule has 0 radical (unpaired) electrons. The van der Waals surface area contributed by atoms with Crippen molar-refractivity contribution in [2.45, 2.75) is 44.5 Å². The molecule has 0 saturated heterocycles. The molecule has 0 spiro atoms. The number of ether oxygens (including phenoxy) is 1. The first kappa shape index (κ1) is 13.2. The molecule has 3 unspecified atom stereocenters. The Morgan fingerprint density at radius 1 is 1.50 bits per heavy atom. The zero-order valence-electron chi connectivity index (χ0n) is 9.30. The van der Waals surface area contributed by atoms with Crippen LogP contribution in [-0.2, 0) is 9.53 Å². The summed E-state index contributed by atoms with van der Waals surface area (Å²) in [7, 11) is 0. The molecule has 0 bridgehead atoms. The molecule has 16 heavy (non-hydrogen) atoms.